The molecular weight excluding hydrogens is 542 g/mol. The van der Waals surface area contributed by atoms with Gasteiger partial charge in [-0.15, -0.1) is 0 Å². The summed E-state index contributed by atoms with van der Waals surface area (Å²) in [5.74, 6) is -9.67. The highest BCUT2D eigenvalue weighted by molar-refractivity contribution is 6.01. The number of hydrogen-bond donors (Lipinski definition) is 5. The molecular formula is C23H37N3O14. The van der Waals surface area contributed by atoms with E-state index >= 15 is 0 Å². The Morgan fingerprint density at radius 3 is 1.30 bits per heavy atom. The first-order valence-corrected chi connectivity index (χ1v) is 12.5. The van der Waals surface area contributed by atoms with E-state index in [0.717, 1.165) is 0 Å². The molecule has 0 atom stereocenters. The molecule has 0 spiro atoms. The molecule has 17 nitrogen and oxygen atoms in total. The number of amides is 1. The highest BCUT2D eigenvalue weighted by Crippen LogP contribution is 2.06. The summed E-state index contributed by atoms with van der Waals surface area (Å²) in [7, 11) is 0. The second-order valence-electron chi connectivity index (χ2n) is 8.65. The smallest absolute Gasteiger partial charge is 0.338 e. The molecule has 1 fully saturated rings. The molecule has 1 rings (SSSR count). The van der Waals surface area contributed by atoms with Crippen LogP contribution in [-0.4, -0.2) is 164 Å². The molecule has 5 N–H and O–H groups in total. The Morgan fingerprint density at radius 2 is 0.950 bits per heavy atom. The third-order valence-corrected chi connectivity index (χ3v) is 5.55. The Kier molecular flexibility index (Phi) is 17.2. The first-order valence-electron chi connectivity index (χ1n) is 12.5. The SMILES string of the molecule is O=C(CC(C(=O)O)C(=O)O)CN1CCOCCOCCN(CC(=O)NC(C(=O)O)C(=O)O)CCOCCOCC1. The van der Waals surface area contributed by atoms with Gasteiger partial charge in [0.15, 0.2) is 5.92 Å². The first kappa shape index (κ1) is 34.8. The Labute approximate surface area is 229 Å². The second-order valence-corrected chi connectivity index (χ2v) is 8.65. The third kappa shape index (κ3) is 15.4. The predicted molar refractivity (Wildman–Crippen MR) is 132 cm³/mol. The van der Waals surface area contributed by atoms with Crippen molar-refractivity contribution in [2.75, 3.05) is 92.1 Å². The number of carboxylic acids is 4. The predicted octanol–water partition coefficient (Wildman–Crippen LogP) is -2.93. The molecule has 40 heavy (non-hydrogen) atoms. The Morgan fingerprint density at radius 1 is 0.575 bits per heavy atom. The topological polar surface area (TPSA) is 239 Å². The van der Waals surface area contributed by atoms with Gasteiger partial charge < -0.3 is 44.7 Å². The monoisotopic (exact) mass is 579 g/mol. The highest BCUT2D eigenvalue weighted by Gasteiger charge is 2.29. The zero-order valence-corrected chi connectivity index (χ0v) is 22.0. The zero-order chi connectivity index (χ0) is 29.9. The van der Waals surface area contributed by atoms with Crippen LogP contribution in [0.1, 0.15) is 6.42 Å². The van der Waals surface area contributed by atoms with Crippen molar-refractivity contribution in [1.29, 1.82) is 0 Å². The van der Waals surface area contributed by atoms with E-state index in [-0.39, 0.29) is 79.0 Å². The van der Waals surface area contributed by atoms with Gasteiger partial charge in [-0.05, 0) is 0 Å². The van der Waals surface area contributed by atoms with Crippen molar-refractivity contribution in [1.82, 2.24) is 15.1 Å². The molecule has 228 valence electrons. The van der Waals surface area contributed by atoms with E-state index in [1.54, 1.807) is 9.80 Å². The third-order valence-electron chi connectivity index (χ3n) is 5.55. The van der Waals surface area contributed by atoms with Gasteiger partial charge in [-0.25, -0.2) is 9.59 Å². The lowest BCUT2D eigenvalue weighted by molar-refractivity contribution is -0.156. The van der Waals surface area contributed by atoms with Crippen LogP contribution in [0.2, 0.25) is 0 Å². The maximum atomic E-state index is 12.3. The number of carbonyl (C=O) groups is 6. The molecule has 0 aromatic carbocycles. The van der Waals surface area contributed by atoms with Crippen LogP contribution in [0.5, 0.6) is 0 Å². The number of ketones is 1. The largest absolute Gasteiger partial charge is 0.481 e. The van der Waals surface area contributed by atoms with E-state index in [4.69, 9.17) is 39.4 Å². The lowest BCUT2D eigenvalue weighted by Crippen LogP contribution is -2.50. The molecule has 0 unspecified atom stereocenters. The van der Waals surface area contributed by atoms with Crippen LogP contribution in [0, 0.1) is 5.92 Å². The molecule has 0 radical (unpaired) electrons. The number of nitrogens with zero attached hydrogens (tertiary/aromatic N) is 2. The normalized spacial score (nSPS) is 17.9. The molecule has 0 saturated carbocycles. The van der Waals surface area contributed by atoms with Crippen LogP contribution in [0.4, 0.5) is 0 Å². The van der Waals surface area contributed by atoms with Gasteiger partial charge in [0.05, 0.1) is 65.9 Å². The van der Waals surface area contributed by atoms with Crippen molar-refractivity contribution in [2.45, 2.75) is 12.5 Å². The molecule has 0 aromatic heterocycles. The highest BCUT2D eigenvalue weighted by atomic mass is 16.5. The fourth-order valence-corrected chi connectivity index (χ4v) is 3.42. The summed E-state index contributed by atoms with van der Waals surface area (Å²) in [5, 5.41) is 37.8. The summed E-state index contributed by atoms with van der Waals surface area (Å²) in [4.78, 5) is 71.9. The van der Waals surface area contributed by atoms with Crippen molar-refractivity contribution in [2.24, 2.45) is 5.92 Å². The molecule has 1 heterocycles. The van der Waals surface area contributed by atoms with Crippen LogP contribution in [0.3, 0.4) is 0 Å². The number of carboxylic acid groups (broad SMARTS) is 4. The fourth-order valence-electron chi connectivity index (χ4n) is 3.42. The Bertz CT molecular complexity index is 739. The zero-order valence-electron chi connectivity index (χ0n) is 22.0. The van der Waals surface area contributed by atoms with E-state index in [2.05, 4.69) is 0 Å². The Balaban J connectivity index is 2.58. The maximum Gasteiger partial charge on any atom is 0.338 e. The summed E-state index contributed by atoms with van der Waals surface area (Å²) < 4.78 is 22.0. The van der Waals surface area contributed by atoms with Gasteiger partial charge in [-0.2, -0.15) is 0 Å². The summed E-state index contributed by atoms with van der Waals surface area (Å²) in [6.45, 7) is 2.32. The minimum atomic E-state index is -2.06. The van der Waals surface area contributed by atoms with Gasteiger partial charge in [0, 0.05) is 32.6 Å². The van der Waals surface area contributed by atoms with Crippen molar-refractivity contribution in [3.63, 3.8) is 0 Å². The van der Waals surface area contributed by atoms with Crippen LogP contribution < -0.4 is 5.32 Å². The number of nitrogens with one attached hydrogen (secondary N) is 1. The molecule has 1 amide bonds. The molecule has 1 saturated heterocycles. The number of Topliss-reactive ketones (excluding diaryl/α,β-unsaturated/α-hetero) is 1. The molecule has 17 heteroatoms. The molecule has 0 bridgehead atoms. The number of carbonyl (C=O) groups excluding carboxylic acids is 2. The van der Waals surface area contributed by atoms with Crippen LogP contribution in [-0.2, 0) is 47.7 Å². The van der Waals surface area contributed by atoms with Gasteiger partial charge in [0.25, 0.3) is 0 Å². The van der Waals surface area contributed by atoms with E-state index in [1.165, 1.54) is 0 Å². The fraction of sp³-hybridized carbons (Fsp3) is 0.739. The van der Waals surface area contributed by atoms with Crippen LogP contribution in [0.15, 0.2) is 0 Å². The lowest BCUT2D eigenvalue weighted by Gasteiger charge is -2.23. The average Bonchev–Trinajstić information content (AvgIpc) is 2.87. The number of ether oxygens (including phenoxy) is 4. The second kappa shape index (κ2) is 19.8. The summed E-state index contributed by atoms with van der Waals surface area (Å²) in [6.07, 6.45) is -0.636. The van der Waals surface area contributed by atoms with Crippen molar-refractivity contribution >= 4 is 35.6 Å². The van der Waals surface area contributed by atoms with Crippen LogP contribution in [0.25, 0.3) is 0 Å². The van der Waals surface area contributed by atoms with Gasteiger partial charge >= 0.3 is 23.9 Å². The molecule has 1 aliphatic rings. The summed E-state index contributed by atoms with van der Waals surface area (Å²) >= 11 is 0. The molecule has 1 aliphatic heterocycles. The number of aliphatic carboxylic acids is 4. The van der Waals surface area contributed by atoms with E-state index in [1.807, 2.05) is 5.32 Å². The lowest BCUT2D eigenvalue weighted by atomic mass is 10.0. The average molecular weight is 580 g/mol. The van der Waals surface area contributed by atoms with Crippen molar-refractivity contribution in [3.05, 3.63) is 0 Å². The van der Waals surface area contributed by atoms with E-state index in [9.17, 15) is 28.8 Å². The van der Waals surface area contributed by atoms with Gasteiger partial charge in [-0.3, -0.25) is 29.0 Å². The quantitative estimate of drug-likeness (QED) is 0.154. The Hall–Kier alpha value is -3.22. The summed E-state index contributed by atoms with van der Waals surface area (Å²) in [5.41, 5.74) is 0. The maximum absolute atomic E-state index is 12.3. The minimum Gasteiger partial charge on any atom is -0.481 e. The van der Waals surface area contributed by atoms with E-state index < -0.39 is 53.9 Å². The van der Waals surface area contributed by atoms with Crippen molar-refractivity contribution < 1.29 is 68.1 Å². The summed E-state index contributed by atoms with van der Waals surface area (Å²) in [6, 6.07) is -2.06. The molecule has 0 aromatic rings. The minimum absolute atomic E-state index is 0.167. The first-order chi connectivity index (χ1) is 19.0. The number of rotatable bonds is 11. The van der Waals surface area contributed by atoms with Crippen LogP contribution >= 0.6 is 0 Å². The standard InChI is InChI=1S/C23H37N3O14/c27-16(13-17(20(29)30)21(31)32)14-25-1-5-37-9-11-39-7-3-26(4-8-40-12-10-38-6-2-25)15-18(28)24-19(22(33)34)23(35)36/h17,19H,1-15H2,(H,24,28)(H,29,30)(H,31,32)(H,33,34)(H,35,36). The molecule has 0 aliphatic carbocycles. The number of hydrogen-bond acceptors (Lipinski definition) is 12. The van der Waals surface area contributed by atoms with Crippen molar-refractivity contribution in [3.8, 4) is 0 Å². The van der Waals surface area contributed by atoms with Gasteiger partial charge in [0.1, 0.15) is 5.78 Å². The van der Waals surface area contributed by atoms with Gasteiger partial charge in [0.2, 0.25) is 11.9 Å². The van der Waals surface area contributed by atoms with Gasteiger partial charge in [-0.1, -0.05) is 0 Å². The van der Waals surface area contributed by atoms with E-state index in [0.29, 0.717) is 13.1 Å².